The maximum Gasteiger partial charge on any atom is 0.164 e. The molecule has 55 heavy (non-hydrogen) atoms. The van der Waals surface area contributed by atoms with E-state index in [1.165, 1.54) is 5.56 Å². The molecule has 0 bridgehead atoms. The van der Waals surface area contributed by atoms with Crippen molar-refractivity contribution in [1.82, 2.24) is 15.0 Å². The average Bonchev–Trinajstić information content (AvgIpc) is 3.66. The van der Waals surface area contributed by atoms with Crippen LogP contribution in [-0.2, 0) is 0 Å². The van der Waals surface area contributed by atoms with E-state index >= 15 is 0 Å². The summed E-state index contributed by atoms with van der Waals surface area (Å²) in [7, 11) is 0. The number of nitrogens with zero attached hydrogens (tertiary/aromatic N) is 4. The van der Waals surface area contributed by atoms with Gasteiger partial charge in [0.15, 0.2) is 17.5 Å². The first-order valence-electron chi connectivity index (χ1n) is 18.2. The molecule has 0 aliphatic heterocycles. The third kappa shape index (κ3) is 5.79. The molecule has 10 aromatic rings. The SMILES string of the molecule is N#Cc1ccccc1-c1ccc(-c2nc(-c3ccccc3)nc(-c3ccc4c(c3)oc3c5ccccc5cc(-c5cccc(-c6ccccc6)c5)c43)n2)cc1. The molecule has 0 fully saturated rings. The number of nitriles is 1. The Morgan fingerprint density at radius 1 is 0.400 bits per heavy atom. The topological polar surface area (TPSA) is 75.6 Å². The summed E-state index contributed by atoms with van der Waals surface area (Å²) in [5.74, 6) is 1.68. The van der Waals surface area contributed by atoms with Gasteiger partial charge in [0, 0.05) is 32.8 Å². The van der Waals surface area contributed by atoms with Gasteiger partial charge in [0.25, 0.3) is 0 Å². The molecule has 0 spiro atoms. The summed E-state index contributed by atoms with van der Waals surface area (Å²) < 4.78 is 6.81. The van der Waals surface area contributed by atoms with Crippen molar-refractivity contribution in [2.75, 3.05) is 0 Å². The molecule has 0 N–H and O–H groups in total. The molecule has 0 aliphatic rings. The van der Waals surface area contributed by atoms with Gasteiger partial charge in [-0.1, -0.05) is 152 Å². The van der Waals surface area contributed by atoms with Crippen molar-refractivity contribution in [2.45, 2.75) is 0 Å². The molecule has 0 aliphatic carbocycles. The maximum atomic E-state index is 9.68. The van der Waals surface area contributed by atoms with Gasteiger partial charge in [-0.2, -0.15) is 5.26 Å². The second-order valence-corrected chi connectivity index (χ2v) is 13.5. The van der Waals surface area contributed by atoms with E-state index < -0.39 is 0 Å². The summed E-state index contributed by atoms with van der Waals surface area (Å²) >= 11 is 0. The molecule has 0 radical (unpaired) electrons. The summed E-state index contributed by atoms with van der Waals surface area (Å²) in [6.07, 6.45) is 0. The molecular formula is C50H30N4O. The van der Waals surface area contributed by atoms with Gasteiger partial charge in [-0.05, 0) is 69.1 Å². The normalized spacial score (nSPS) is 11.3. The van der Waals surface area contributed by atoms with Crippen LogP contribution >= 0.6 is 0 Å². The van der Waals surface area contributed by atoms with Gasteiger partial charge in [0.1, 0.15) is 11.2 Å². The number of hydrogen-bond donors (Lipinski definition) is 0. The molecule has 0 atom stereocenters. The van der Waals surface area contributed by atoms with Crippen LogP contribution in [0.25, 0.3) is 100 Å². The molecule has 256 valence electrons. The zero-order valence-electron chi connectivity index (χ0n) is 29.5. The molecule has 5 heteroatoms. The van der Waals surface area contributed by atoms with Crippen molar-refractivity contribution in [3.8, 4) is 73.6 Å². The Morgan fingerprint density at radius 2 is 0.982 bits per heavy atom. The molecule has 5 nitrogen and oxygen atoms in total. The monoisotopic (exact) mass is 702 g/mol. The quantitative estimate of drug-likeness (QED) is 0.172. The number of hydrogen-bond acceptors (Lipinski definition) is 5. The van der Waals surface area contributed by atoms with Crippen LogP contribution in [-0.4, -0.2) is 15.0 Å². The largest absolute Gasteiger partial charge is 0.455 e. The summed E-state index contributed by atoms with van der Waals surface area (Å²) in [5.41, 5.74) is 11.2. The van der Waals surface area contributed by atoms with Crippen LogP contribution in [0.15, 0.2) is 186 Å². The first kappa shape index (κ1) is 32.0. The molecule has 2 aromatic heterocycles. The minimum atomic E-state index is 0.547. The van der Waals surface area contributed by atoms with Crippen LogP contribution < -0.4 is 0 Å². The Kier molecular flexibility index (Phi) is 7.79. The van der Waals surface area contributed by atoms with Crippen molar-refractivity contribution >= 4 is 32.7 Å². The Labute approximate surface area is 317 Å². The predicted octanol–water partition coefficient (Wildman–Crippen LogP) is 12.8. The first-order chi connectivity index (χ1) is 27.2. The van der Waals surface area contributed by atoms with E-state index in [4.69, 9.17) is 19.4 Å². The minimum absolute atomic E-state index is 0.547. The lowest BCUT2D eigenvalue weighted by Crippen LogP contribution is -2.00. The van der Waals surface area contributed by atoms with Crippen LogP contribution in [0.3, 0.4) is 0 Å². The Bertz CT molecular complexity index is 3090. The molecule has 10 rings (SSSR count). The van der Waals surface area contributed by atoms with Gasteiger partial charge >= 0.3 is 0 Å². The van der Waals surface area contributed by atoms with Crippen molar-refractivity contribution < 1.29 is 4.42 Å². The fourth-order valence-electron chi connectivity index (χ4n) is 7.46. The second-order valence-electron chi connectivity index (χ2n) is 13.5. The van der Waals surface area contributed by atoms with E-state index in [1.807, 2.05) is 91.0 Å². The molecule has 0 unspecified atom stereocenters. The van der Waals surface area contributed by atoms with Crippen LogP contribution in [0.4, 0.5) is 0 Å². The Balaban J connectivity index is 1.12. The predicted molar refractivity (Wildman–Crippen MR) is 222 cm³/mol. The third-order valence-electron chi connectivity index (χ3n) is 10.2. The van der Waals surface area contributed by atoms with E-state index in [0.717, 1.165) is 77.2 Å². The molecule has 2 heterocycles. The zero-order chi connectivity index (χ0) is 36.7. The van der Waals surface area contributed by atoms with Crippen LogP contribution in [0.1, 0.15) is 5.56 Å². The van der Waals surface area contributed by atoms with Crippen molar-refractivity contribution in [3.05, 3.63) is 188 Å². The Hall–Kier alpha value is -7.68. The van der Waals surface area contributed by atoms with Gasteiger partial charge in [0.05, 0.1) is 11.6 Å². The van der Waals surface area contributed by atoms with Gasteiger partial charge in [-0.25, -0.2) is 15.0 Å². The average molecular weight is 703 g/mol. The van der Waals surface area contributed by atoms with Gasteiger partial charge in [0.2, 0.25) is 0 Å². The van der Waals surface area contributed by atoms with E-state index in [0.29, 0.717) is 23.0 Å². The minimum Gasteiger partial charge on any atom is -0.455 e. The summed E-state index contributed by atoms with van der Waals surface area (Å²) in [5, 5.41) is 14.0. The highest BCUT2D eigenvalue weighted by Gasteiger charge is 2.19. The highest BCUT2D eigenvalue weighted by Crippen LogP contribution is 2.43. The number of furan rings is 1. The molecule has 0 saturated heterocycles. The van der Waals surface area contributed by atoms with Crippen LogP contribution in [0, 0.1) is 11.3 Å². The van der Waals surface area contributed by atoms with Crippen LogP contribution in [0.2, 0.25) is 0 Å². The van der Waals surface area contributed by atoms with Crippen molar-refractivity contribution in [2.24, 2.45) is 0 Å². The Morgan fingerprint density at radius 3 is 1.75 bits per heavy atom. The summed E-state index contributed by atoms with van der Waals surface area (Å²) in [4.78, 5) is 15.0. The third-order valence-corrected chi connectivity index (χ3v) is 10.2. The smallest absolute Gasteiger partial charge is 0.164 e. The highest BCUT2D eigenvalue weighted by atomic mass is 16.3. The first-order valence-corrected chi connectivity index (χ1v) is 18.2. The lowest BCUT2D eigenvalue weighted by atomic mass is 9.93. The van der Waals surface area contributed by atoms with Crippen LogP contribution in [0.5, 0.6) is 0 Å². The number of aromatic nitrogens is 3. The molecule has 0 amide bonds. The lowest BCUT2D eigenvalue weighted by molar-refractivity contribution is 0.673. The van der Waals surface area contributed by atoms with Gasteiger partial charge in [-0.3, -0.25) is 0 Å². The fourth-order valence-corrected chi connectivity index (χ4v) is 7.46. The van der Waals surface area contributed by atoms with E-state index in [9.17, 15) is 5.26 Å². The standard InChI is InChI=1S/C50H30N4O/c51-31-40-17-8-9-20-41(40)33-22-24-35(25-23-33)49-52-48(34-14-5-2-6-15-34)53-50(54-49)39-26-27-43-45(30-39)55-47-42-21-10-7-16-38(42)29-44(46(43)47)37-19-11-18-36(28-37)32-12-3-1-4-13-32/h1-30H. The van der Waals surface area contributed by atoms with E-state index in [-0.39, 0.29) is 0 Å². The highest BCUT2D eigenvalue weighted by molar-refractivity contribution is 6.21. The summed E-state index contributed by atoms with van der Waals surface area (Å²) in [6.45, 7) is 0. The molecular weight excluding hydrogens is 673 g/mol. The van der Waals surface area contributed by atoms with E-state index in [1.54, 1.807) is 0 Å². The van der Waals surface area contributed by atoms with Crippen molar-refractivity contribution in [3.63, 3.8) is 0 Å². The number of benzene rings is 8. The molecule has 0 saturated carbocycles. The maximum absolute atomic E-state index is 9.68. The molecule has 8 aromatic carbocycles. The van der Waals surface area contributed by atoms with Gasteiger partial charge in [-0.15, -0.1) is 0 Å². The number of rotatable bonds is 6. The fraction of sp³-hybridized carbons (Fsp3) is 0. The van der Waals surface area contributed by atoms with Crippen molar-refractivity contribution in [1.29, 1.82) is 5.26 Å². The lowest BCUT2D eigenvalue weighted by Gasteiger charge is -2.10. The zero-order valence-corrected chi connectivity index (χ0v) is 29.5. The number of fused-ring (bicyclic) bond motifs is 5. The van der Waals surface area contributed by atoms with E-state index in [2.05, 4.69) is 97.1 Å². The summed E-state index contributed by atoms with van der Waals surface area (Å²) in [6, 6.07) is 64.0. The second kappa shape index (κ2) is 13.4. The van der Waals surface area contributed by atoms with Gasteiger partial charge < -0.3 is 4.42 Å².